The van der Waals surface area contributed by atoms with Crippen LogP contribution in [0.4, 0.5) is 0 Å². The number of benzene rings is 1. The van der Waals surface area contributed by atoms with Crippen LogP contribution in [-0.2, 0) is 11.2 Å². The maximum Gasteiger partial charge on any atom is 0.118 e. The van der Waals surface area contributed by atoms with Gasteiger partial charge in [-0.2, -0.15) is 0 Å². The third-order valence-electron chi connectivity index (χ3n) is 3.51. The molecule has 0 aliphatic heterocycles. The van der Waals surface area contributed by atoms with E-state index in [-0.39, 0.29) is 17.6 Å². The second kappa shape index (κ2) is 7.65. The van der Waals surface area contributed by atoms with Crippen LogP contribution in [0.2, 0.25) is 0 Å². The van der Waals surface area contributed by atoms with Gasteiger partial charge in [-0.25, -0.2) is 0 Å². The van der Waals surface area contributed by atoms with Gasteiger partial charge in [0, 0.05) is 12.6 Å². The van der Waals surface area contributed by atoms with Crippen LogP contribution in [0, 0.1) is 5.41 Å². The van der Waals surface area contributed by atoms with Crippen molar-refractivity contribution in [2.24, 2.45) is 11.1 Å². The summed E-state index contributed by atoms with van der Waals surface area (Å²) in [5.74, 6) is 0.889. The summed E-state index contributed by atoms with van der Waals surface area (Å²) in [5.41, 5.74) is 7.69. The minimum Gasteiger partial charge on any atom is -0.497 e. The minimum atomic E-state index is 0.0528. The number of methoxy groups -OCH3 is 1. The van der Waals surface area contributed by atoms with Gasteiger partial charge in [0.05, 0.1) is 13.2 Å². The van der Waals surface area contributed by atoms with Gasteiger partial charge in [0.2, 0.25) is 0 Å². The van der Waals surface area contributed by atoms with E-state index in [1.165, 1.54) is 5.56 Å². The van der Waals surface area contributed by atoms with Gasteiger partial charge < -0.3 is 15.2 Å². The molecule has 0 amide bonds. The minimum absolute atomic E-state index is 0.0528. The molecule has 1 rings (SSSR count). The zero-order chi connectivity index (χ0) is 15.2. The van der Waals surface area contributed by atoms with Crippen LogP contribution in [0.25, 0.3) is 0 Å². The molecule has 0 aliphatic rings. The topological polar surface area (TPSA) is 44.5 Å². The highest BCUT2D eigenvalue weighted by atomic mass is 16.5. The largest absolute Gasteiger partial charge is 0.497 e. The summed E-state index contributed by atoms with van der Waals surface area (Å²) in [7, 11) is 1.68. The molecule has 20 heavy (non-hydrogen) atoms. The lowest BCUT2D eigenvalue weighted by atomic mass is 9.83. The molecule has 0 bridgehead atoms. The van der Waals surface area contributed by atoms with E-state index in [1.54, 1.807) is 7.11 Å². The fraction of sp³-hybridized carbons (Fsp3) is 0.647. The molecule has 0 saturated heterocycles. The van der Waals surface area contributed by atoms with Crippen LogP contribution in [0.3, 0.4) is 0 Å². The zero-order valence-corrected chi connectivity index (χ0v) is 13.5. The lowest BCUT2D eigenvalue weighted by Crippen LogP contribution is -2.45. The average Bonchev–Trinajstić information content (AvgIpc) is 2.41. The van der Waals surface area contributed by atoms with Crippen molar-refractivity contribution in [1.29, 1.82) is 0 Å². The van der Waals surface area contributed by atoms with E-state index in [9.17, 15) is 0 Å². The van der Waals surface area contributed by atoms with Crippen molar-refractivity contribution in [2.45, 2.75) is 52.7 Å². The van der Waals surface area contributed by atoms with Gasteiger partial charge in [-0.1, -0.05) is 32.9 Å². The molecule has 3 nitrogen and oxygen atoms in total. The molecule has 0 aromatic heterocycles. The molecule has 0 radical (unpaired) electrons. The van der Waals surface area contributed by atoms with Crippen LogP contribution in [0.1, 0.15) is 39.7 Å². The molecule has 2 N–H and O–H groups in total. The predicted molar refractivity (Wildman–Crippen MR) is 84.2 cm³/mol. The normalized spacial score (nSPS) is 14.9. The van der Waals surface area contributed by atoms with Crippen LogP contribution in [0.15, 0.2) is 24.3 Å². The van der Waals surface area contributed by atoms with Crippen LogP contribution in [-0.4, -0.2) is 25.9 Å². The quantitative estimate of drug-likeness (QED) is 0.832. The van der Waals surface area contributed by atoms with Crippen LogP contribution in [0.5, 0.6) is 5.75 Å². The van der Waals surface area contributed by atoms with E-state index in [4.69, 9.17) is 15.2 Å². The van der Waals surface area contributed by atoms with Gasteiger partial charge in [0.1, 0.15) is 5.75 Å². The molecule has 0 aliphatic carbocycles. The molecular formula is C17H29NO2. The Hall–Kier alpha value is -1.06. The van der Waals surface area contributed by atoms with Crippen molar-refractivity contribution < 1.29 is 9.47 Å². The van der Waals surface area contributed by atoms with E-state index in [2.05, 4.69) is 32.9 Å². The molecule has 1 aromatic rings. The first kappa shape index (κ1) is 17.0. The SMILES string of the molecule is CCOC(C(N)CCc1ccc(OC)cc1)C(C)(C)C. The number of ether oxygens (including phenoxy) is 2. The summed E-state index contributed by atoms with van der Waals surface area (Å²) < 4.78 is 11.0. The Morgan fingerprint density at radius 3 is 2.20 bits per heavy atom. The second-order valence-corrected chi connectivity index (χ2v) is 6.29. The molecule has 1 aromatic carbocycles. The molecule has 3 heteroatoms. The van der Waals surface area contributed by atoms with Gasteiger partial charge in [0.15, 0.2) is 0 Å². The maximum atomic E-state index is 6.34. The van der Waals surface area contributed by atoms with Crippen LogP contribution < -0.4 is 10.5 Å². The summed E-state index contributed by atoms with van der Waals surface area (Å²) in [6.45, 7) is 9.27. The second-order valence-electron chi connectivity index (χ2n) is 6.29. The Kier molecular flexibility index (Phi) is 6.50. The fourth-order valence-corrected chi connectivity index (χ4v) is 2.47. The first-order valence-corrected chi connectivity index (χ1v) is 7.38. The Bertz CT molecular complexity index is 381. The average molecular weight is 279 g/mol. The predicted octanol–water partition coefficient (Wildman–Crippen LogP) is 3.41. The number of aryl methyl sites for hydroxylation is 1. The molecule has 2 atom stereocenters. The zero-order valence-electron chi connectivity index (χ0n) is 13.5. The molecular weight excluding hydrogens is 250 g/mol. The smallest absolute Gasteiger partial charge is 0.118 e. The summed E-state index contributed by atoms with van der Waals surface area (Å²) in [5, 5.41) is 0. The molecule has 0 saturated carbocycles. The summed E-state index contributed by atoms with van der Waals surface area (Å²) in [6, 6.07) is 8.23. The van der Waals surface area contributed by atoms with Gasteiger partial charge in [-0.3, -0.25) is 0 Å². The van der Waals surface area contributed by atoms with E-state index in [1.807, 2.05) is 19.1 Å². The van der Waals surface area contributed by atoms with E-state index >= 15 is 0 Å². The highest BCUT2D eigenvalue weighted by Gasteiger charge is 2.30. The standard InChI is InChI=1S/C17H29NO2/c1-6-20-16(17(2,3)4)15(18)12-9-13-7-10-14(19-5)11-8-13/h7-8,10-11,15-16H,6,9,12,18H2,1-5H3. The monoisotopic (exact) mass is 279 g/mol. The summed E-state index contributed by atoms with van der Waals surface area (Å²) in [6.07, 6.45) is 1.98. The molecule has 0 spiro atoms. The van der Waals surface area contributed by atoms with Crippen molar-refractivity contribution in [3.8, 4) is 5.75 Å². The van der Waals surface area contributed by atoms with E-state index in [0.29, 0.717) is 6.61 Å². The van der Waals surface area contributed by atoms with E-state index in [0.717, 1.165) is 18.6 Å². The van der Waals surface area contributed by atoms with Crippen molar-refractivity contribution in [2.75, 3.05) is 13.7 Å². The molecule has 2 unspecified atom stereocenters. The fourth-order valence-electron chi connectivity index (χ4n) is 2.47. The molecule has 114 valence electrons. The van der Waals surface area contributed by atoms with E-state index < -0.39 is 0 Å². The molecule has 0 fully saturated rings. The number of rotatable bonds is 7. The summed E-state index contributed by atoms with van der Waals surface area (Å²) >= 11 is 0. The number of nitrogens with two attached hydrogens (primary N) is 1. The highest BCUT2D eigenvalue weighted by molar-refractivity contribution is 5.27. The lowest BCUT2D eigenvalue weighted by molar-refractivity contribution is -0.0290. The third-order valence-corrected chi connectivity index (χ3v) is 3.51. The van der Waals surface area contributed by atoms with Gasteiger partial charge in [-0.05, 0) is 42.9 Å². The number of hydrogen-bond donors (Lipinski definition) is 1. The van der Waals surface area contributed by atoms with Crippen LogP contribution >= 0.6 is 0 Å². The third kappa shape index (κ3) is 5.14. The lowest BCUT2D eigenvalue weighted by Gasteiger charge is -2.35. The summed E-state index contributed by atoms with van der Waals surface area (Å²) in [4.78, 5) is 0. The maximum absolute atomic E-state index is 6.34. The Balaban J connectivity index is 2.57. The van der Waals surface area contributed by atoms with Gasteiger partial charge in [-0.15, -0.1) is 0 Å². The van der Waals surface area contributed by atoms with Crippen molar-refractivity contribution >= 4 is 0 Å². The number of hydrogen-bond acceptors (Lipinski definition) is 3. The van der Waals surface area contributed by atoms with Crippen molar-refractivity contribution in [3.05, 3.63) is 29.8 Å². The first-order valence-electron chi connectivity index (χ1n) is 7.38. The van der Waals surface area contributed by atoms with Gasteiger partial charge >= 0.3 is 0 Å². The Morgan fingerprint density at radius 1 is 1.15 bits per heavy atom. The Morgan fingerprint density at radius 2 is 1.75 bits per heavy atom. The van der Waals surface area contributed by atoms with Gasteiger partial charge in [0.25, 0.3) is 0 Å². The highest BCUT2D eigenvalue weighted by Crippen LogP contribution is 2.26. The molecule has 0 heterocycles. The first-order chi connectivity index (χ1) is 9.38. The van der Waals surface area contributed by atoms with Crippen molar-refractivity contribution in [1.82, 2.24) is 0 Å². The van der Waals surface area contributed by atoms with Crippen molar-refractivity contribution in [3.63, 3.8) is 0 Å². The Labute approximate surface area is 123 Å².